The van der Waals surface area contributed by atoms with Crippen LogP contribution in [0.4, 0.5) is 16.0 Å². The van der Waals surface area contributed by atoms with Gasteiger partial charge in [0, 0.05) is 32.4 Å². The molecule has 0 radical (unpaired) electrons. The van der Waals surface area contributed by atoms with Crippen LogP contribution >= 0.6 is 0 Å². The van der Waals surface area contributed by atoms with E-state index >= 15 is 0 Å². The van der Waals surface area contributed by atoms with Gasteiger partial charge in [0.25, 0.3) is 5.56 Å². The molecule has 3 heterocycles. The van der Waals surface area contributed by atoms with Crippen molar-refractivity contribution < 1.29 is 4.39 Å². The number of nitrogens with zero attached hydrogens (tertiary/aromatic N) is 5. The van der Waals surface area contributed by atoms with Crippen LogP contribution in [-0.2, 0) is 20.1 Å². The third-order valence-electron chi connectivity index (χ3n) is 4.46. The SMILES string of the molecule is CCn1c(=O)c2c(nc3n2CCN3c2ccc(F)cc2)n(C)c1=O. The third-order valence-corrected chi connectivity index (χ3v) is 4.46. The molecule has 2 aromatic heterocycles. The Morgan fingerprint density at radius 3 is 2.54 bits per heavy atom. The highest BCUT2D eigenvalue weighted by molar-refractivity contribution is 5.77. The number of hydrogen-bond donors (Lipinski definition) is 0. The second kappa shape index (κ2) is 5.05. The molecular formula is C16H16FN5O2. The molecule has 0 amide bonds. The molecule has 0 fully saturated rings. The lowest BCUT2D eigenvalue weighted by molar-refractivity contribution is 0.627. The standard InChI is InChI=1S/C16H16FN5O2/c1-3-20-14(23)12-13(19(2)16(20)24)18-15-21(8-9-22(12)15)11-6-4-10(17)5-7-11/h4-7H,3,8-9H2,1-2H3. The van der Waals surface area contributed by atoms with Gasteiger partial charge in [-0.2, -0.15) is 4.98 Å². The summed E-state index contributed by atoms with van der Waals surface area (Å²) in [4.78, 5) is 31.4. The number of halogens is 1. The van der Waals surface area contributed by atoms with Gasteiger partial charge in [0.05, 0.1) is 0 Å². The fourth-order valence-corrected chi connectivity index (χ4v) is 3.22. The Hall–Kier alpha value is -2.90. The summed E-state index contributed by atoms with van der Waals surface area (Å²) in [5, 5.41) is 0. The highest BCUT2D eigenvalue weighted by Gasteiger charge is 2.28. The first kappa shape index (κ1) is 14.7. The Morgan fingerprint density at radius 1 is 1.17 bits per heavy atom. The van der Waals surface area contributed by atoms with Crippen LogP contribution in [0.15, 0.2) is 33.9 Å². The number of benzene rings is 1. The van der Waals surface area contributed by atoms with Crippen molar-refractivity contribution in [3.8, 4) is 0 Å². The highest BCUT2D eigenvalue weighted by atomic mass is 19.1. The molecule has 7 nitrogen and oxygen atoms in total. The van der Waals surface area contributed by atoms with Crippen LogP contribution in [-0.4, -0.2) is 25.2 Å². The molecule has 3 aromatic rings. The van der Waals surface area contributed by atoms with Gasteiger partial charge in [0.2, 0.25) is 5.95 Å². The van der Waals surface area contributed by atoms with Crippen molar-refractivity contribution in [1.82, 2.24) is 18.7 Å². The lowest BCUT2D eigenvalue weighted by Crippen LogP contribution is -2.39. The molecule has 24 heavy (non-hydrogen) atoms. The molecule has 0 unspecified atom stereocenters. The maximum atomic E-state index is 13.1. The number of aromatic nitrogens is 4. The minimum Gasteiger partial charge on any atom is -0.310 e. The number of aryl methyl sites for hydroxylation is 1. The molecule has 8 heteroatoms. The van der Waals surface area contributed by atoms with Crippen molar-refractivity contribution in [3.05, 3.63) is 50.9 Å². The van der Waals surface area contributed by atoms with E-state index in [1.807, 2.05) is 9.47 Å². The fraction of sp³-hybridized carbons (Fsp3) is 0.312. The zero-order valence-corrected chi connectivity index (χ0v) is 13.4. The first-order chi connectivity index (χ1) is 11.5. The van der Waals surface area contributed by atoms with Crippen molar-refractivity contribution in [3.63, 3.8) is 0 Å². The summed E-state index contributed by atoms with van der Waals surface area (Å²) in [5.74, 6) is 0.289. The maximum Gasteiger partial charge on any atom is 0.332 e. The smallest absolute Gasteiger partial charge is 0.310 e. The fourth-order valence-electron chi connectivity index (χ4n) is 3.22. The van der Waals surface area contributed by atoms with Gasteiger partial charge in [-0.1, -0.05) is 0 Å². The first-order valence-corrected chi connectivity index (χ1v) is 7.76. The molecule has 0 atom stereocenters. The largest absolute Gasteiger partial charge is 0.332 e. The number of fused-ring (bicyclic) bond motifs is 3. The van der Waals surface area contributed by atoms with Crippen molar-refractivity contribution in [1.29, 1.82) is 0 Å². The number of rotatable bonds is 2. The van der Waals surface area contributed by atoms with Gasteiger partial charge < -0.3 is 9.47 Å². The van der Waals surface area contributed by atoms with Gasteiger partial charge in [-0.15, -0.1) is 0 Å². The lowest BCUT2D eigenvalue weighted by atomic mass is 10.3. The first-order valence-electron chi connectivity index (χ1n) is 7.76. The van der Waals surface area contributed by atoms with E-state index in [2.05, 4.69) is 4.98 Å². The van der Waals surface area contributed by atoms with Crippen LogP contribution in [0.3, 0.4) is 0 Å². The molecule has 4 rings (SSSR count). The van der Waals surface area contributed by atoms with E-state index in [1.165, 1.54) is 21.3 Å². The summed E-state index contributed by atoms with van der Waals surface area (Å²) in [6, 6.07) is 6.13. The van der Waals surface area contributed by atoms with E-state index in [1.54, 1.807) is 26.1 Å². The van der Waals surface area contributed by atoms with Crippen LogP contribution < -0.4 is 16.1 Å². The van der Waals surface area contributed by atoms with Crippen molar-refractivity contribution in [2.45, 2.75) is 20.0 Å². The molecule has 124 valence electrons. The minimum absolute atomic E-state index is 0.306. The average molecular weight is 329 g/mol. The average Bonchev–Trinajstić information content (AvgIpc) is 3.13. The van der Waals surface area contributed by atoms with E-state index in [0.29, 0.717) is 36.7 Å². The summed E-state index contributed by atoms with van der Waals surface area (Å²) in [6.45, 7) is 3.29. The van der Waals surface area contributed by atoms with E-state index in [4.69, 9.17) is 0 Å². The van der Waals surface area contributed by atoms with Gasteiger partial charge in [-0.05, 0) is 31.2 Å². The molecule has 0 N–H and O–H groups in total. The number of imidazole rings is 1. The molecule has 1 aromatic carbocycles. The third kappa shape index (κ3) is 1.85. The van der Waals surface area contributed by atoms with Crippen molar-refractivity contribution in [2.24, 2.45) is 7.05 Å². The van der Waals surface area contributed by atoms with Crippen LogP contribution in [0.2, 0.25) is 0 Å². The molecule has 1 aliphatic rings. The monoisotopic (exact) mass is 329 g/mol. The van der Waals surface area contributed by atoms with Crippen LogP contribution in [0.1, 0.15) is 6.92 Å². The molecule has 0 saturated heterocycles. The summed E-state index contributed by atoms with van der Waals surface area (Å²) in [6.07, 6.45) is 0. The second-order valence-electron chi connectivity index (χ2n) is 5.75. The van der Waals surface area contributed by atoms with Gasteiger partial charge in [-0.3, -0.25) is 13.9 Å². The van der Waals surface area contributed by atoms with Gasteiger partial charge in [-0.25, -0.2) is 9.18 Å². The van der Waals surface area contributed by atoms with Gasteiger partial charge >= 0.3 is 5.69 Å². The predicted molar refractivity (Wildman–Crippen MR) is 88.3 cm³/mol. The maximum absolute atomic E-state index is 13.1. The quantitative estimate of drug-likeness (QED) is 0.709. The molecule has 0 saturated carbocycles. The van der Waals surface area contributed by atoms with Gasteiger partial charge in [0.15, 0.2) is 11.2 Å². The van der Waals surface area contributed by atoms with E-state index in [9.17, 15) is 14.0 Å². The Kier molecular flexibility index (Phi) is 3.09. The molecule has 1 aliphatic heterocycles. The van der Waals surface area contributed by atoms with E-state index < -0.39 is 0 Å². The number of anilines is 2. The zero-order valence-electron chi connectivity index (χ0n) is 13.4. The molecule has 0 aliphatic carbocycles. The Balaban J connectivity index is 1.98. The normalized spacial score (nSPS) is 13.7. The summed E-state index contributed by atoms with van der Waals surface area (Å²) in [5.41, 5.74) is 0.900. The van der Waals surface area contributed by atoms with Crippen molar-refractivity contribution in [2.75, 3.05) is 11.4 Å². The van der Waals surface area contributed by atoms with Crippen LogP contribution in [0.25, 0.3) is 11.2 Å². The lowest BCUT2D eigenvalue weighted by Gasteiger charge is -2.15. The number of hydrogen-bond acceptors (Lipinski definition) is 4. The Morgan fingerprint density at radius 2 is 1.88 bits per heavy atom. The zero-order chi connectivity index (χ0) is 17.0. The molecular weight excluding hydrogens is 313 g/mol. The minimum atomic E-state index is -0.375. The van der Waals surface area contributed by atoms with Crippen LogP contribution in [0.5, 0.6) is 0 Å². The summed E-state index contributed by atoms with van der Waals surface area (Å²) in [7, 11) is 1.61. The van der Waals surface area contributed by atoms with Crippen molar-refractivity contribution >= 4 is 22.8 Å². The second-order valence-corrected chi connectivity index (χ2v) is 5.75. The summed E-state index contributed by atoms with van der Waals surface area (Å²) < 4.78 is 17.6. The Bertz CT molecular complexity index is 1060. The summed E-state index contributed by atoms with van der Waals surface area (Å²) >= 11 is 0. The van der Waals surface area contributed by atoms with Crippen LogP contribution in [0, 0.1) is 5.82 Å². The van der Waals surface area contributed by atoms with E-state index in [0.717, 1.165) is 5.69 Å². The molecule has 0 spiro atoms. The predicted octanol–water partition coefficient (Wildman–Crippen LogP) is 1.21. The van der Waals surface area contributed by atoms with E-state index in [-0.39, 0.29) is 17.1 Å². The highest BCUT2D eigenvalue weighted by Crippen LogP contribution is 2.31. The molecule has 0 bridgehead atoms. The topological polar surface area (TPSA) is 65.1 Å². The Labute approximate surface area is 136 Å². The van der Waals surface area contributed by atoms with Gasteiger partial charge in [0.1, 0.15) is 5.82 Å².